The number of nitrogens with zero attached hydrogens (tertiary/aromatic N) is 3. The average molecular weight is 665 g/mol. The molecule has 0 heterocycles. The Hall–Kier alpha value is -4.05. The molecule has 0 radical (unpaired) electrons. The normalized spacial score (nSPS) is 12.1. The SMILES string of the molecule is CCN=P(Cl)(N=P(N=[P+](Oc1ccccc1)Oc1ccccc1)(Oc1ccccc1)Oc1ccccc1)Oc1ccccc1. The van der Waals surface area contributed by atoms with Gasteiger partial charge in [-0.05, 0) is 78.8 Å². The van der Waals surface area contributed by atoms with Crippen molar-refractivity contribution < 1.29 is 22.6 Å². The van der Waals surface area contributed by atoms with Crippen molar-refractivity contribution in [2.45, 2.75) is 6.92 Å². The van der Waals surface area contributed by atoms with Gasteiger partial charge in [-0.3, -0.25) is 0 Å². The zero-order valence-corrected chi connectivity index (χ0v) is 27.2. The summed E-state index contributed by atoms with van der Waals surface area (Å²) in [6, 6.07) is 45.9. The van der Waals surface area contributed by atoms with Crippen LogP contribution in [0.15, 0.2) is 165 Å². The highest BCUT2D eigenvalue weighted by Gasteiger charge is 2.41. The van der Waals surface area contributed by atoms with E-state index in [1.54, 1.807) is 36.4 Å². The summed E-state index contributed by atoms with van der Waals surface area (Å²) in [5.74, 6) is 2.50. The predicted octanol–water partition coefficient (Wildman–Crippen LogP) is 12.0. The van der Waals surface area contributed by atoms with Crippen LogP contribution in [-0.2, 0) is 0 Å². The van der Waals surface area contributed by atoms with E-state index >= 15 is 0 Å². The van der Waals surface area contributed by atoms with Gasteiger partial charge in [0, 0.05) is 6.54 Å². The van der Waals surface area contributed by atoms with E-state index in [0.29, 0.717) is 35.3 Å². The van der Waals surface area contributed by atoms with Gasteiger partial charge < -0.3 is 13.6 Å². The lowest BCUT2D eigenvalue weighted by Gasteiger charge is -2.22. The fourth-order valence-electron chi connectivity index (χ4n) is 3.64. The number of hydrogen-bond acceptors (Lipinski definition) is 6. The lowest BCUT2D eigenvalue weighted by molar-refractivity contribution is 0.470. The Balaban J connectivity index is 1.75. The van der Waals surface area contributed by atoms with Crippen molar-refractivity contribution in [2.24, 2.45) is 13.8 Å². The van der Waals surface area contributed by atoms with E-state index in [4.69, 9.17) is 42.9 Å². The Morgan fingerprint density at radius 3 is 1.23 bits per heavy atom. The largest absolute Gasteiger partial charge is 0.679 e. The zero-order valence-electron chi connectivity index (χ0n) is 23.7. The van der Waals surface area contributed by atoms with Crippen LogP contribution in [-0.4, -0.2) is 6.54 Å². The summed E-state index contributed by atoms with van der Waals surface area (Å²) in [6.45, 7) is -1.29. The molecular weight excluding hydrogens is 635 g/mol. The van der Waals surface area contributed by atoms with E-state index in [1.165, 1.54) is 0 Å². The van der Waals surface area contributed by atoms with E-state index < -0.39 is 22.6 Å². The Bertz CT molecular complexity index is 1660. The summed E-state index contributed by atoms with van der Waals surface area (Å²) in [7, 11) is -5.95. The molecule has 5 aromatic carbocycles. The van der Waals surface area contributed by atoms with Crippen LogP contribution in [0.25, 0.3) is 0 Å². The number of rotatable bonds is 13. The van der Waals surface area contributed by atoms with Crippen LogP contribution in [0.1, 0.15) is 6.92 Å². The Kier molecular flexibility index (Phi) is 11.1. The van der Waals surface area contributed by atoms with E-state index in [9.17, 15) is 0 Å². The van der Waals surface area contributed by atoms with Crippen LogP contribution in [0, 0.1) is 0 Å². The second-order valence-corrected chi connectivity index (χ2v) is 15.2. The summed E-state index contributed by atoms with van der Waals surface area (Å²) in [5, 5.41) is 0. The molecule has 8 nitrogen and oxygen atoms in total. The molecule has 0 saturated heterocycles. The van der Waals surface area contributed by atoms with Gasteiger partial charge in [0.25, 0.3) is 0 Å². The Morgan fingerprint density at radius 2 is 0.864 bits per heavy atom. The van der Waals surface area contributed by atoms with Gasteiger partial charge in [0.15, 0.2) is 11.5 Å². The van der Waals surface area contributed by atoms with Gasteiger partial charge in [-0.1, -0.05) is 91.0 Å². The Morgan fingerprint density at radius 1 is 0.523 bits per heavy atom. The van der Waals surface area contributed by atoms with E-state index in [1.807, 2.05) is 122 Å². The quantitative estimate of drug-likeness (QED) is 0.117. The fraction of sp³-hybridized carbons (Fsp3) is 0.0625. The molecule has 0 fully saturated rings. The molecule has 0 saturated carbocycles. The molecule has 44 heavy (non-hydrogen) atoms. The summed E-state index contributed by atoms with van der Waals surface area (Å²) in [6.07, 6.45) is 0. The minimum absolute atomic E-state index is 0.333. The van der Waals surface area contributed by atoms with Crippen LogP contribution in [0.2, 0.25) is 0 Å². The van der Waals surface area contributed by atoms with Crippen molar-refractivity contribution in [2.75, 3.05) is 6.54 Å². The minimum Gasteiger partial charge on any atom is -0.431 e. The van der Waals surface area contributed by atoms with Crippen molar-refractivity contribution in [1.29, 1.82) is 0 Å². The maximum Gasteiger partial charge on any atom is 0.679 e. The van der Waals surface area contributed by atoms with Gasteiger partial charge in [0.05, 0.1) is 4.52 Å². The van der Waals surface area contributed by atoms with Crippen LogP contribution in [0.3, 0.4) is 0 Å². The van der Waals surface area contributed by atoms with Gasteiger partial charge in [0.2, 0.25) is 0 Å². The smallest absolute Gasteiger partial charge is 0.431 e. The molecule has 5 rings (SSSR count). The van der Waals surface area contributed by atoms with Gasteiger partial charge >= 0.3 is 22.6 Å². The number of hydrogen-bond donors (Lipinski definition) is 0. The molecule has 0 bridgehead atoms. The minimum atomic E-state index is -3.83. The van der Waals surface area contributed by atoms with Crippen LogP contribution < -0.4 is 22.6 Å². The van der Waals surface area contributed by atoms with Crippen molar-refractivity contribution in [3.63, 3.8) is 0 Å². The average Bonchev–Trinajstić information content (AvgIpc) is 3.03. The first-order valence-corrected chi connectivity index (χ1v) is 18.9. The second kappa shape index (κ2) is 15.6. The van der Waals surface area contributed by atoms with Crippen molar-refractivity contribution in [1.82, 2.24) is 0 Å². The fourth-order valence-corrected chi connectivity index (χ4v) is 10.8. The lowest BCUT2D eigenvalue weighted by atomic mass is 10.3. The molecule has 0 aliphatic heterocycles. The maximum absolute atomic E-state index is 7.18. The first kappa shape index (κ1) is 31.4. The highest BCUT2D eigenvalue weighted by molar-refractivity contribution is 7.89. The standard InChI is InChI=1S/C32H30ClN3O5P3/c1-2-34-43(33,39-30-22-12-5-13-23-30)36-44(40-31-24-14-6-15-25-31,41-32-26-16-7-17-27-32)35-42(37-28-18-8-3-9-19-28)38-29-20-10-4-11-21-29/h3-27H,2H2,1H3/q+1. The molecule has 1 atom stereocenters. The molecule has 224 valence electrons. The molecule has 0 aromatic heterocycles. The molecule has 1 unspecified atom stereocenters. The third kappa shape index (κ3) is 9.47. The summed E-state index contributed by atoms with van der Waals surface area (Å²) in [4.78, 5) is 0. The molecule has 0 N–H and O–H groups in total. The number of para-hydroxylation sites is 5. The van der Waals surface area contributed by atoms with Crippen LogP contribution in [0.4, 0.5) is 0 Å². The van der Waals surface area contributed by atoms with Gasteiger partial charge in [-0.15, -0.1) is 4.52 Å². The second-order valence-electron chi connectivity index (χ2n) is 8.86. The molecule has 0 aliphatic rings. The van der Waals surface area contributed by atoms with E-state index in [-0.39, 0.29) is 0 Å². The third-order valence-corrected chi connectivity index (χ3v) is 12.6. The van der Waals surface area contributed by atoms with Crippen LogP contribution in [0.5, 0.6) is 28.7 Å². The Labute approximate surface area is 263 Å². The monoisotopic (exact) mass is 664 g/mol. The lowest BCUT2D eigenvalue weighted by Crippen LogP contribution is -2.02. The summed E-state index contributed by atoms with van der Waals surface area (Å²) >= 11 is 7.18. The van der Waals surface area contributed by atoms with Crippen molar-refractivity contribution >= 4 is 33.9 Å². The summed E-state index contributed by atoms with van der Waals surface area (Å²) < 4.78 is 46.7. The zero-order chi connectivity index (χ0) is 30.5. The first-order valence-electron chi connectivity index (χ1n) is 13.7. The first-order chi connectivity index (χ1) is 21.5. The van der Waals surface area contributed by atoms with Gasteiger partial charge in [-0.2, -0.15) is 0 Å². The summed E-state index contributed by atoms with van der Waals surface area (Å²) in [5.41, 5.74) is 0. The third-order valence-electron chi connectivity index (χ3n) is 5.48. The predicted molar refractivity (Wildman–Crippen MR) is 180 cm³/mol. The van der Waals surface area contributed by atoms with E-state index in [2.05, 4.69) is 4.74 Å². The highest BCUT2D eigenvalue weighted by Crippen LogP contribution is 2.69. The van der Waals surface area contributed by atoms with Gasteiger partial charge in [0.1, 0.15) is 17.2 Å². The molecule has 5 aromatic rings. The molecule has 0 aliphatic carbocycles. The molecule has 0 spiro atoms. The topological polar surface area (TPSA) is 83.2 Å². The molecular formula is C32H30ClN3O5P3+. The van der Waals surface area contributed by atoms with Crippen molar-refractivity contribution in [3.05, 3.63) is 152 Å². The molecule has 0 amide bonds. The highest BCUT2D eigenvalue weighted by atomic mass is 35.7. The number of halogens is 1. The number of benzene rings is 5. The van der Waals surface area contributed by atoms with Gasteiger partial charge in [-0.25, -0.2) is 13.8 Å². The molecule has 12 heteroatoms. The van der Waals surface area contributed by atoms with Crippen LogP contribution >= 0.6 is 33.9 Å². The maximum atomic E-state index is 7.18. The van der Waals surface area contributed by atoms with Crippen molar-refractivity contribution in [3.8, 4) is 28.7 Å². The van der Waals surface area contributed by atoms with E-state index in [0.717, 1.165) is 0 Å².